The van der Waals surface area contributed by atoms with Crippen LogP contribution in [0.2, 0.25) is 5.02 Å². The first kappa shape index (κ1) is 22.4. The summed E-state index contributed by atoms with van der Waals surface area (Å²) in [7, 11) is 0. The molecule has 0 atom stereocenters. The number of aromatic nitrogens is 3. The second-order valence-corrected chi connectivity index (χ2v) is 9.41. The molecule has 174 valence electrons. The fraction of sp³-hybridized carbons (Fsp3) is 0.296. The molecule has 0 saturated carbocycles. The summed E-state index contributed by atoms with van der Waals surface area (Å²) >= 11 is 6.21. The van der Waals surface area contributed by atoms with E-state index in [1.807, 2.05) is 35.0 Å². The lowest BCUT2D eigenvalue weighted by Gasteiger charge is -2.32. The van der Waals surface area contributed by atoms with E-state index in [0.29, 0.717) is 11.6 Å². The monoisotopic (exact) mass is 473 g/mol. The molecule has 2 aromatic heterocycles. The Morgan fingerprint density at radius 3 is 2.71 bits per heavy atom. The zero-order valence-corrected chi connectivity index (χ0v) is 20.2. The molecule has 1 saturated heterocycles. The molecule has 1 N–H and O–H groups in total. The maximum Gasteiger partial charge on any atom is 0.223 e. The summed E-state index contributed by atoms with van der Waals surface area (Å²) in [4.78, 5) is 19.7. The second-order valence-electron chi connectivity index (χ2n) is 9.00. The van der Waals surface area contributed by atoms with Gasteiger partial charge in [-0.1, -0.05) is 47.5 Å². The van der Waals surface area contributed by atoms with E-state index in [0.717, 1.165) is 54.1 Å². The molecule has 4 aromatic rings. The molecule has 7 heteroatoms. The van der Waals surface area contributed by atoms with Crippen LogP contribution in [-0.2, 0) is 11.3 Å². The van der Waals surface area contributed by atoms with Gasteiger partial charge in [-0.05, 0) is 56.0 Å². The first-order chi connectivity index (χ1) is 16.5. The van der Waals surface area contributed by atoms with Gasteiger partial charge < -0.3 is 10.2 Å². The third kappa shape index (κ3) is 4.50. The number of amides is 1. The van der Waals surface area contributed by atoms with Gasteiger partial charge in [-0.25, -0.2) is 9.50 Å². The zero-order valence-electron chi connectivity index (χ0n) is 19.5. The number of nitrogens with one attached hydrogen (secondary N) is 1. The van der Waals surface area contributed by atoms with Crippen molar-refractivity contribution in [3.63, 3.8) is 0 Å². The Bertz CT molecular complexity index is 1340. The Morgan fingerprint density at radius 2 is 1.91 bits per heavy atom. The third-order valence-corrected chi connectivity index (χ3v) is 6.98. The van der Waals surface area contributed by atoms with E-state index in [9.17, 15) is 4.79 Å². The Hall–Kier alpha value is -3.38. The highest BCUT2D eigenvalue weighted by molar-refractivity contribution is 6.31. The highest BCUT2D eigenvalue weighted by Gasteiger charge is 2.27. The first-order valence-electron chi connectivity index (χ1n) is 11.7. The summed E-state index contributed by atoms with van der Waals surface area (Å²) < 4.78 is 1.90. The van der Waals surface area contributed by atoms with Crippen LogP contribution in [0.3, 0.4) is 0 Å². The molecule has 0 radical (unpaired) electrons. The largest absolute Gasteiger partial charge is 0.355 e. The van der Waals surface area contributed by atoms with Gasteiger partial charge in [0.25, 0.3) is 0 Å². The maximum absolute atomic E-state index is 12.8. The van der Waals surface area contributed by atoms with E-state index in [1.54, 1.807) is 6.20 Å². The fourth-order valence-corrected chi connectivity index (χ4v) is 4.82. The van der Waals surface area contributed by atoms with Crippen LogP contribution in [-0.4, -0.2) is 33.6 Å². The predicted molar refractivity (Wildman–Crippen MR) is 136 cm³/mol. The molecule has 5 rings (SSSR count). The SMILES string of the molecule is Cc1ccc(C)c(-c2cc3c(N4CCC(C(=O)NCc5ccccc5Cl)CC4)nccn3n2)c1. The van der Waals surface area contributed by atoms with E-state index in [2.05, 4.69) is 53.3 Å². The van der Waals surface area contributed by atoms with Crippen LogP contribution in [0.15, 0.2) is 60.9 Å². The van der Waals surface area contributed by atoms with Crippen LogP contribution in [0, 0.1) is 19.8 Å². The number of hydrogen-bond acceptors (Lipinski definition) is 4. The average molecular weight is 474 g/mol. The number of fused-ring (bicyclic) bond motifs is 1. The molecule has 3 heterocycles. The molecule has 1 amide bonds. The van der Waals surface area contributed by atoms with Crippen molar-refractivity contribution in [3.05, 3.63) is 82.6 Å². The van der Waals surface area contributed by atoms with Gasteiger partial charge in [0.1, 0.15) is 5.52 Å². The number of anilines is 1. The summed E-state index contributed by atoms with van der Waals surface area (Å²) in [5.41, 5.74) is 6.43. The van der Waals surface area contributed by atoms with Crippen molar-refractivity contribution in [3.8, 4) is 11.3 Å². The van der Waals surface area contributed by atoms with Gasteiger partial charge in [0.2, 0.25) is 5.91 Å². The van der Waals surface area contributed by atoms with Crippen LogP contribution in [0.5, 0.6) is 0 Å². The van der Waals surface area contributed by atoms with Crippen LogP contribution in [0.1, 0.15) is 29.5 Å². The molecular formula is C27H28ClN5O. The molecule has 6 nitrogen and oxygen atoms in total. The van der Waals surface area contributed by atoms with Crippen LogP contribution < -0.4 is 10.2 Å². The highest BCUT2D eigenvalue weighted by atomic mass is 35.5. The van der Waals surface area contributed by atoms with Crippen molar-refractivity contribution in [2.75, 3.05) is 18.0 Å². The van der Waals surface area contributed by atoms with Crippen molar-refractivity contribution in [1.29, 1.82) is 0 Å². The van der Waals surface area contributed by atoms with E-state index in [1.165, 1.54) is 11.1 Å². The number of benzene rings is 2. The number of rotatable bonds is 5. The van der Waals surface area contributed by atoms with Gasteiger partial charge in [-0.2, -0.15) is 5.10 Å². The van der Waals surface area contributed by atoms with E-state index >= 15 is 0 Å². The van der Waals surface area contributed by atoms with Crippen molar-refractivity contribution >= 4 is 28.8 Å². The standard InChI is InChI=1S/C27H28ClN5O/c1-18-7-8-19(2)22(15-18)24-16-25-26(29-11-14-33(25)31-24)32-12-9-20(10-13-32)27(34)30-17-21-5-3-4-6-23(21)28/h3-8,11,14-16,20H,9-10,12-13,17H2,1-2H3,(H,30,34). The lowest BCUT2D eigenvalue weighted by atomic mass is 9.95. The van der Waals surface area contributed by atoms with Gasteiger partial charge in [-0.15, -0.1) is 0 Å². The van der Waals surface area contributed by atoms with E-state index in [4.69, 9.17) is 16.7 Å². The first-order valence-corrected chi connectivity index (χ1v) is 12.1. The highest BCUT2D eigenvalue weighted by Crippen LogP contribution is 2.30. The molecule has 0 unspecified atom stereocenters. The smallest absolute Gasteiger partial charge is 0.223 e. The van der Waals surface area contributed by atoms with Crippen LogP contribution >= 0.6 is 11.6 Å². The Balaban J connectivity index is 1.28. The van der Waals surface area contributed by atoms with Crippen molar-refractivity contribution in [1.82, 2.24) is 19.9 Å². The van der Waals surface area contributed by atoms with E-state index < -0.39 is 0 Å². The number of carbonyl (C=O) groups is 1. The Kier molecular flexibility index (Phi) is 6.24. The van der Waals surface area contributed by atoms with Crippen LogP contribution in [0.4, 0.5) is 5.82 Å². The summed E-state index contributed by atoms with van der Waals surface area (Å²) in [6.45, 7) is 6.22. The molecule has 2 aromatic carbocycles. The molecule has 0 spiro atoms. The van der Waals surface area contributed by atoms with Crippen molar-refractivity contribution in [2.45, 2.75) is 33.2 Å². The zero-order chi connectivity index (χ0) is 23.7. The molecular weight excluding hydrogens is 446 g/mol. The fourth-order valence-electron chi connectivity index (χ4n) is 4.62. The van der Waals surface area contributed by atoms with Gasteiger partial charge in [0.15, 0.2) is 5.82 Å². The minimum absolute atomic E-state index is 0.00566. The number of piperidine rings is 1. The van der Waals surface area contributed by atoms with Crippen LogP contribution in [0.25, 0.3) is 16.8 Å². The summed E-state index contributed by atoms with van der Waals surface area (Å²) in [6, 6.07) is 16.2. The lowest BCUT2D eigenvalue weighted by molar-refractivity contribution is -0.125. The average Bonchev–Trinajstić information content (AvgIpc) is 3.29. The van der Waals surface area contributed by atoms with Gasteiger partial charge in [-0.3, -0.25) is 4.79 Å². The number of aryl methyl sites for hydroxylation is 2. The van der Waals surface area contributed by atoms with Gasteiger partial charge in [0, 0.05) is 48.5 Å². The molecule has 0 bridgehead atoms. The Labute approximate surface area is 204 Å². The number of carbonyl (C=O) groups excluding carboxylic acids is 1. The van der Waals surface area contributed by atoms with Crippen molar-refractivity contribution < 1.29 is 4.79 Å². The molecule has 1 fully saturated rings. The quantitative estimate of drug-likeness (QED) is 0.432. The van der Waals surface area contributed by atoms with Gasteiger partial charge >= 0.3 is 0 Å². The number of halogens is 1. The molecule has 1 aliphatic heterocycles. The number of nitrogens with zero attached hydrogens (tertiary/aromatic N) is 4. The maximum atomic E-state index is 12.8. The second kappa shape index (κ2) is 9.47. The topological polar surface area (TPSA) is 62.5 Å². The van der Waals surface area contributed by atoms with Crippen molar-refractivity contribution in [2.24, 2.45) is 5.92 Å². The predicted octanol–water partition coefficient (Wildman–Crippen LogP) is 5.20. The summed E-state index contributed by atoms with van der Waals surface area (Å²) in [6.07, 6.45) is 5.26. The molecule has 1 aliphatic rings. The third-order valence-electron chi connectivity index (χ3n) is 6.61. The lowest BCUT2D eigenvalue weighted by Crippen LogP contribution is -2.40. The van der Waals surface area contributed by atoms with E-state index in [-0.39, 0.29) is 11.8 Å². The molecule has 0 aliphatic carbocycles. The summed E-state index contributed by atoms with van der Waals surface area (Å²) in [5.74, 6) is 1.00. The minimum atomic E-state index is -0.00566. The minimum Gasteiger partial charge on any atom is -0.355 e. The molecule has 34 heavy (non-hydrogen) atoms. The van der Waals surface area contributed by atoms with Gasteiger partial charge in [0.05, 0.1) is 5.69 Å². The summed E-state index contributed by atoms with van der Waals surface area (Å²) in [5, 5.41) is 8.55. The Morgan fingerprint density at radius 1 is 1.12 bits per heavy atom. The number of hydrogen-bond donors (Lipinski definition) is 1. The normalized spacial score (nSPS) is 14.5.